The highest BCUT2D eigenvalue weighted by Crippen LogP contribution is 2.45. The molecule has 35 heavy (non-hydrogen) atoms. The molecule has 0 unspecified atom stereocenters. The van der Waals surface area contributed by atoms with E-state index < -0.39 is 12.0 Å². The van der Waals surface area contributed by atoms with E-state index in [4.69, 9.17) is 14.5 Å². The van der Waals surface area contributed by atoms with Gasteiger partial charge in [0.15, 0.2) is 5.17 Å². The van der Waals surface area contributed by atoms with Crippen molar-refractivity contribution in [2.24, 2.45) is 4.99 Å². The number of ether oxygens (including phenoxy) is 2. The molecular weight excluding hydrogens is 462 g/mol. The summed E-state index contributed by atoms with van der Waals surface area (Å²) in [5.41, 5.74) is 3.77. The maximum atomic E-state index is 13.2. The van der Waals surface area contributed by atoms with Crippen LogP contribution in [0.2, 0.25) is 0 Å². The fourth-order valence-corrected chi connectivity index (χ4v) is 5.00. The molecule has 2 aliphatic heterocycles. The lowest BCUT2D eigenvalue weighted by Crippen LogP contribution is -2.38. The Balaban J connectivity index is 1.62. The van der Waals surface area contributed by atoms with Gasteiger partial charge in [-0.1, -0.05) is 54.2 Å². The van der Waals surface area contributed by atoms with Crippen LogP contribution in [0.3, 0.4) is 0 Å². The van der Waals surface area contributed by atoms with Crippen molar-refractivity contribution in [3.8, 4) is 5.75 Å². The Morgan fingerprint density at radius 1 is 1.11 bits per heavy atom. The van der Waals surface area contributed by atoms with Crippen LogP contribution >= 0.6 is 11.8 Å². The topological polar surface area (TPSA) is 80.2 Å². The minimum atomic E-state index is -0.470. The van der Waals surface area contributed by atoms with Crippen LogP contribution in [0.1, 0.15) is 44.4 Å². The van der Waals surface area contributed by atoms with Crippen molar-refractivity contribution in [1.82, 2.24) is 10.2 Å². The third-order valence-electron chi connectivity index (χ3n) is 5.67. The Bertz CT molecular complexity index is 1190. The van der Waals surface area contributed by atoms with E-state index in [0.29, 0.717) is 17.8 Å². The number of allylic oxidation sites excluding steroid dienone is 1. The standard InChI is InChI=1S/C27H29N3O4S/c1-17(2)34-26(32)24-18(3)29-27-30(25(24)20-10-12-22(33-4)13-11-20)21(16-35-27)14-23(31)28-15-19-8-6-5-7-9-19/h5-13,16-17,25H,14-15H2,1-4H3,(H,28,31)/t25-/m0/s1. The number of fused-ring (bicyclic) bond motifs is 1. The van der Waals surface area contributed by atoms with Crippen LogP contribution in [0.25, 0.3) is 0 Å². The molecule has 2 aromatic carbocycles. The molecule has 0 aliphatic carbocycles. The van der Waals surface area contributed by atoms with Crippen molar-refractivity contribution in [2.75, 3.05) is 7.11 Å². The lowest BCUT2D eigenvalue weighted by Gasteiger charge is -2.36. The number of amidine groups is 1. The second-order valence-electron chi connectivity index (χ2n) is 8.56. The zero-order chi connectivity index (χ0) is 24.9. The number of aliphatic imine (C=N–C) groups is 1. The van der Waals surface area contributed by atoms with E-state index in [1.807, 2.05) is 85.7 Å². The van der Waals surface area contributed by atoms with Gasteiger partial charge < -0.3 is 19.7 Å². The predicted molar refractivity (Wildman–Crippen MR) is 138 cm³/mol. The number of esters is 1. The molecule has 0 radical (unpaired) electrons. The first kappa shape index (κ1) is 24.6. The van der Waals surface area contributed by atoms with Gasteiger partial charge in [0.25, 0.3) is 0 Å². The molecule has 4 rings (SSSR count). The van der Waals surface area contributed by atoms with Gasteiger partial charge in [0, 0.05) is 12.2 Å². The van der Waals surface area contributed by atoms with Gasteiger partial charge in [-0.2, -0.15) is 0 Å². The average Bonchev–Trinajstić information content (AvgIpc) is 3.23. The van der Waals surface area contributed by atoms with Gasteiger partial charge in [-0.25, -0.2) is 9.79 Å². The van der Waals surface area contributed by atoms with Crippen LogP contribution in [0.4, 0.5) is 0 Å². The number of benzene rings is 2. The first-order valence-corrected chi connectivity index (χ1v) is 12.3. The molecule has 0 aromatic heterocycles. The van der Waals surface area contributed by atoms with Gasteiger partial charge in [0.1, 0.15) is 5.75 Å². The summed E-state index contributed by atoms with van der Waals surface area (Å²) in [6.07, 6.45) is -0.103. The highest BCUT2D eigenvalue weighted by atomic mass is 32.2. The summed E-state index contributed by atoms with van der Waals surface area (Å²) in [6.45, 7) is 5.92. The largest absolute Gasteiger partial charge is 0.497 e. The molecule has 1 N–H and O–H groups in total. The van der Waals surface area contributed by atoms with Crippen molar-refractivity contribution in [3.63, 3.8) is 0 Å². The molecule has 2 heterocycles. The third kappa shape index (κ3) is 5.59. The minimum Gasteiger partial charge on any atom is -0.497 e. The molecule has 1 amide bonds. The van der Waals surface area contributed by atoms with Crippen molar-refractivity contribution in [2.45, 2.75) is 45.9 Å². The fourth-order valence-electron chi connectivity index (χ4n) is 4.03. The number of carbonyl (C=O) groups excluding carboxylic acids is 2. The summed E-state index contributed by atoms with van der Waals surface area (Å²) in [4.78, 5) is 32.7. The summed E-state index contributed by atoms with van der Waals surface area (Å²) in [5, 5.41) is 5.65. The van der Waals surface area contributed by atoms with E-state index in [2.05, 4.69) is 5.32 Å². The number of methoxy groups -OCH3 is 1. The maximum Gasteiger partial charge on any atom is 0.338 e. The number of hydrogen-bond acceptors (Lipinski definition) is 7. The number of nitrogens with one attached hydrogen (secondary N) is 1. The van der Waals surface area contributed by atoms with Gasteiger partial charge in [-0.3, -0.25) is 4.79 Å². The van der Waals surface area contributed by atoms with E-state index in [9.17, 15) is 9.59 Å². The number of carbonyl (C=O) groups is 2. The molecule has 182 valence electrons. The van der Waals surface area contributed by atoms with Crippen LogP contribution < -0.4 is 10.1 Å². The molecule has 8 heteroatoms. The molecule has 0 saturated carbocycles. The Labute approximate surface area is 209 Å². The van der Waals surface area contributed by atoms with E-state index in [0.717, 1.165) is 27.7 Å². The van der Waals surface area contributed by atoms with Crippen molar-refractivity contribution >= 4 is 28.8 Å². The highest BCUT2D eigenvalue weighted by Gasteiger charge is 2.41. The highest BCUT2D eigenvalue weighted by molar-refractivity contribution is 8.16. The van der Waals surface area contributed by atoms with Crippen LogP contribution in [-0.2, 0) is 20.9 Å². The second kappa shape index (κ2) is 10.8. The maximum absolute atomic E-state index is 13.2. The average molecular weight is 492 g/mol. The minimum absolute atomic E-state index is 0.104. The van der Waals surface area contributed by atoms with Crippen LogP contribution in [0.5, 0.6) is 5.75 Å². The molecule has 0 spiro atoms. The van der Waals surface area contributed by atoms with Crippen LogP contribution in [0.15, 0.2) is 82.0 Å². The monoisotopic (exact) mass is 491 g/mol. The van der Waals surface area contributed by atoms with E-state index >= 15 is 0 Å². The number of hydrogen-bond donors (Lipinski definition) is 1. The Morgan fingerprint density at radius 3 is 2.49 bits per heavy atom. The van der Waals surface area contributed by atoms with Gasteiger partial charge >= 0.3 is 5.97 Å². The van der Waals surface area contributed by atoms with Crippen molar-refractivity contribution in [1.29, 1.82) is 0 Å². The van der Waals surface area contributed by atoms with Gasteiger partial charge in [-0.05, 0) is 49.4 Å². The summed E-state index contributed by atoms with van der Waals surface area (Å²) < 4.78 is 10.9. The SMILES string of the molecule is COc1ccc([C@H]2C(C(=O)OC(C)C)=C(C)N=C3SC=C(CC(=O)NCc4ccccc4)N32)cc1. The number of nitrogens with zero attached hydrogens (tertiary/aromatic N) is 2. The summed E-state index contributed by atoms with van der Waals surface area (Å²) in [6, 6.07) is 16.9. The Morgan fingerprint density at radius 2 is 1.83 bits per heavy atom. The van der Waals surface area contributed by atoms with Gasteiger partial charge in [0.05, 0.1) is 36.9 Å². The van der Waals surface area contributed by atoms with E-state index in [-0.39, 0.29) is 18.4 Å². The first-order valence-electron chi connectivity index (χ1n) is 11.5. The molecule has 0 fully saturated rings. The van der Waals surface area contributed by atoms with Gasteiger partial charge in [-0.15, -0.1) is 0 Å². The molecule has 2 aliphatic rings. The lowest BCUT2D eigenvalue weighted by atomic mass is 9.93. The summed E-state index contributed by atoms with van der Waals surface area (Å²) in [7, 11) is 1.61. The van der Waals surface area contributed by atoms with E-state index in [1.54, 1.807) is 7.11 Å². The fraction of sp³-hybridized carbons (Fsp3) is 0.296. The smallest absolute Gasteiger partial charge is 0.338 e. The number of amides is 1. The second-order valence-corrected chi connectivity index (χ2v) is 9.40. The van der Waals surface area contributed by atoms with Gasteiger partial charge in [0.2, 0.25) is 5.91 Å². The normalized spacial score (nSPS) is 17.1. The Kier molecular flexibility index (Phi) is 7.60. The first-order chi connectivity index (χ1) is 16.9. The third-order valence-corrected chi connectivity index (χ3v) is 6.56. The molecular formula is C27H29N3O4S. The van der Waals surface area contributed by atoms with E-state index in [1.165, 1.54) is 11.8 Å². The Hall–Kier alpha value is -3.52. The zero-order valence-electron chi connectivity index (χ0n) is 20.3. The predicted octanol–water partition coefficient (Wildman–Crippen LogP) is 4.93. The van der Waals surface area contributed by atoms with Crippen molar-refractivity contribution < 1.29 is 19.1 Å². The lowest BCUT2D eigenvalue weighted by molar-refractivity contribution is -0.143. The molecule has 0 bridgehead atoms. The quantitative estimate of drug-likeness (QED) is 0.528. The molecule has 0 saturated heterocycles. The molecule has 1 atom stereocenters. The van der Waals surface area contributed by atoms with Crippen LogP contribution in [0, 0.1) is 0 Å². The zero-order valence-corrected chi connectivity index (χ0v) is 21.1. The number of thioether (sulfide) groups is 1. The van der Waals surface area contributed by atoms with Crippen molar-refractivity contribution in [3.05, 3.63) is 88.1 Å². The molecule has 7 nitrogen and oxygen atoms in total. The molecule has 2 aromatic rings. The number of rotatable bonds is 8. The van der Waals surface area contributed by atoms with Crippen LogP contribution in [-0.4, -0.2) is 35.2 Å². The summed E-state index contributed by atoms with van der Waals surface area (Å²) >= 11 is 1.45. The summed E-state index contributed by atoms with van der Waals surface area (Å²) in [5.74, 6) is 0.205.